The largest absolute Gasteiger partial charge is 0.340 e. The van der Waals surface area contributed by atoms with Crippen molar-refractivity contribution < 1.29 is 4.52 Å². The summed E-state index contributed by atoms with van der Waals surface area (Å²) in [5.41, 5.74) is 1.08. The fourth-order valence-corrected chi connectivity index (χ4v) is 2.29. The van der Waals surface area contributed by atoms with Gasteiger partial charge in [0, 0.05) is 18.3 Å². The van der Waals surface area contributed by atoms with Crippen molar-refractivity contribution in [2.75, 3.05) is 0 Å². The number of rotatable bonds is 5. The summed E-state index contributed by atoms with van der Waals surface area (Å²) in [4.78, 5) is 8.68. The predicted octanol–water partition coefficient (Wildman–Crippen LogP) is 2.25. The minimum absolute atomic E-state index is 0.199. The molecule has 0 aromatic carbocycles. The Labute approximate surface area is 104 Å². The summed E-state index contributed by atoms with van der Waals surface area (Å²) in [7, 11) is 0. The lowest BCUT2D eigenvalue weighted by Gasteiger charge is -2.08. The van der Waals surface area contributed by atoms with Crippen LogP contribution in [0.5, 0.6) is 0 Å². The van der Waals surface area contributed by atoms with Gasteiger partial charge in [-0.3, -0.25) is 0 Å². The van der Waals surface area contributed by atoms with Crippen LogP contribution in [0.15, 0.2) is 9.90 Å². The van der Waals surface area contributed by atoms with Crippen molar-refractivity contribution in [3.05, 3.63) is 27.8 Å². The lowest BCUT2D eigenvalue weighted by atomic mass is 10.2. The molecule has 0 aliphatic rings. The second-order valence-electron chi connectivity index (χ2n) is 3.85. The molecule has 0 amide bonds. The highest BCUT2D eigenvalue weighted by molar-refractivity contribution is 7.09. The van der Waals surface area contributed by atoms with E-state index in [2.05, 4.69) is 39.7 Å². The van der Waals surface area contributed by atoms with Crippen LogP contribution >= 0.6 is 11.3 Å². The van der Waals surface area contributed by atoms with Crippen molar-refractivity contribution in [3.8, 4) is 0 Å². The molecule has 6 heteroatoms. The Balaban J connectivity index is 1.90. The Morgan fingerprint density at radius 3 is 2.88 bits per heavy atom. The van der Waals surface area contributed by atoms with Crippen LogP contribution in [0, 0.1) is 6.92 Å². The molecule has 17 heavy (non-hydrogen) atoms. The fraction of sp³-hybridized carbons (Fsp3) is 0.545. The van der Waals surface area contributed by atoms with E-state index in [-0.39, 0.29) is 6.04 Å². The number of hydrogen-bond donors (Lipinski definition) is 1. The van der Waals surface area contributed by atoms with Crippen LogP contribution in [-0.2, 0) is 13.0 Å². The third kappa shape index (κ3) is 3.10. The first-order valence-corrected chi connectivity index (χ1v) is 6.54. The van der Waals surface area contributed by atoms with Gasteiger partial charge in [-0.25, -0.2) is 4.98 Å². The van der Waals surface area contributed by atoms with E-state index in [4.69, 9.17) is 4.52 Å². The average molecular weight is 252 g/mol. The SMILES string of the molecule is CCc1nc([C@H](C)NCc2noc(C)n2)cs1. The smallest absolute Gasteiger partial charge is 0.223 e. The van der Waals surface area contributed by atoms with Gasteiger partial charge in [0.25, 0.3) is 0 Å². The van der Waals surface area contributed by atoms with Crippen molar-refractivity contribution >= 4 is 11.3 Å². The monoisotopic (exact) mass is 252 g/mol. The third-order valence-corrected chi connectivity index (χ3v) is 3.46. The van der Waals surface area contributed by atoms with E-state index in [9.17, 15) is 0 Å². The highest BCUT2D eigenvalue weighted by atomic mass is 32.1. The van der Waals surface area contributed by atoms with Crippen LogP contribution < -0.4 is 5.32 Å². The molecule has 2 heterocycles. The molecule has 0 bridgehead atoms. The van der Waals surface area contributed by atoms with Crippen LogP contribution in [-0.4, -0.2) is 15.1 Å². The number of aromatic nitrogens is 3. The minimum atomic E-state index is 0.199. The number of nitrogens with one attached hydrogen (secondary N) is 1. The second kappa shape index (κ2) is 5.37. The van der Waals surface area contributed by atoms with E-state index in [0.717, 1.165) is 12.1 Å². The molecular weight excluding hydrogens is 236 g/mol. The fourth-order valence-electron chi connectivity index (χ4n) is 1.45. The van der Waals surface area contributed by atoms with Crippen LogP contribution in [0.2, 0.25) is 0 Å². The van der Waals surface area contributed by atoms with Gasteiger partial charge in [0.2, 0.25) is 5.89 Å². The highest BCUT2D eigenvalue weighted by Crippen LogP contribution is 2.17. The van der Waals surface area contributed by atoms with E-state index >= 15 is 0 Å². The summed E-state index contributed by atoms with van der Waals surface area (Å²) in [6.07, 6.45) is 0.988. The average Bonchev–Trinajstić information content (AvgIpc) is 2.94. The zero-order valence-electron chi connectivity index (χ0n) is 10.2. The molecule has 0 fully saturated rings. The van der Waals surface area contributed by atoms with Crippen molar-refractivity contribution in [1.29, 1.82) is 0 Å². The highest BCUT2D eigenvalue weighted by Gasteiger charge is 2.10. The zero-order chi connectivity index (χ0) is 12.3. The van der Waals surface area contributed by atoms with Gasteiger partial charge in [0.05, 0.1) is 17.2 Å². The van der Waals surface area contributed by atoms with Gasteiger partial charge in [0.15, 0.2) is 5.82 Å². The Kier molecular flexibility index (Phi) is 3.86. The van der Waals surface area contributed by atoms with E-state index in [1.54, 1.807) is 18.3 Å². The van der Waals surface area contributed by atoms with E-state index in [0.29, 0.717) is 18.3 Å². The summed E-state index contributed by atoms with van der Waals surface area (Å²) in [6.45, 7) is 6.58. The molecule has 0 saturated carbocycles. The third-order valence-electron chi connectivity index (χ3n) is 2.45. The van der Waals surface area contributed by atoms with E-state index in [1.807, 2.05) is 0 Å². The maximum Gasteiger partial charge on any atom is 0.223 e. The summed E-state index contributed by atoms with van der Waals surface area (Å²) < 4.78 is 4.91. The molecule has 0 spiro atoms. The van der Waals surface area contributed by atoms with Gasteiger partial charge in [-0.15, -0.1) is 11.3 Å². The number of nitrogens with zero attached hydrogens (tertiary/aromatic N) is 3. The molecule has 0 aliphatic carbocycles. The predicted molar refractivity (Wildman–Crippen MR) is 65.8 cm³/mol. The molecule has 0 radical (unpaired) electrons. The van der Waals surface area contributed by atoms with Gasteiger partial charge in [-0.05, 0) is 13.3 Å². The molecule has 2 rings (SSSR count). The number of hydrogen-bond acceptors (Lipinski definition) is 6. The van der Waals surface area contributed by atoms with Gasteiger partial charge >= 0.3 is 0 Å². The summed E-state index contributed by atoms with van der Waals surface area (Å²) in [6, 6.07) is 0.199. The zero-order valence-corrected chi connectivity index (χ0v) is 11.0. The molecule has 2 aromatic rings. The normalized spacial score (nSPS) is 12.9. The molecular formula is C11H16N4OS. The molecule has 92 valence electrons. The van der Waals surface area contributed by atoms with Gasteiger partial charge < -0.3 is 9.84 Å². The van der Waals surface area contributed by atoms with Gasteiger partial charge in [-0.2, -0.15) is 4.98 Å². The minimum Gasteiger partial charge on any atom is -0.340 e. The Bertz CT molecular complexity index is 479. The maximum absolute atomic E-state index is 4.91. The Hall–Kier alpha value is -1.27. The summed E-state index contributed by atoms with van der Waals surface area (Å²) >= 11 is 1.70. The first-order valence-electron chi connectivity index (χ1n) is 5.66. The standard InChI is InChI=1S/C11H16N4OS/c1-4-11-14-9(6-17-11)7(2)12-5-10-13-8(3)16-15-10/h6-7,12H,4-5H2,1-3H3/t7-/m0/s1. The summed E-state index contributed by atoms with van der Waals surface area (Å²) in [5.74, 6) is 1.27. The lowest BCUT2D eigenvalue weighted by Crippen LogP contribution is -2.19. The first-order chi connectivity index (χ1) is 8.19. The Morgan fingerprint density at radius 2 is 2.29 bits per heavy atom. The molecule has 0 aliphatic heterocycles. The van der Waals surface area contributed by atoms with Crippen LogP contribution in [0.25, 0.3) is 0 Å². The van der Waals surface area contributed by atoms with Crippen molar-refractivity contribution in [2.45, 2.75) is 39.8 Å². The molecule has 0 unspecified atom stereocenters. The van der Waals surface area contributed by atoms with Crippen LogP contribution in [0.4, 0.5) is 0 Å². The van der Waals surface area contributed by atoms with E-state index in [1.165, 1.54) is 5.01 Å². The quantitative estimate of drug-likeness (QED) is 0.884. The molecule has 5 nitrogen and oxygen atoms in total. The second-order valence-corrected chi connectivity index (χ2v) is 4.79. The first kappa shape index (κ1) is 12.2. The molecule has 1 atom stereocenters. The van der Waals surface area contributed by atoms with Crippen LogP contribution in [0.3, 0.4) is 0 Å². The van der Waals surface area contributed by atoms with E-state index < -0.39 is 0 Å². The van der Waals surface area contributed by atoms with Gasteiger partial charge in [0.1, 0.15) is 0 Å². The number of aryl methyl sites for hydroxylation is 2. The maximum atomic E-state index is 4.91. The molecule has 2 aromatic heterocycles. The topological polar surface area (TPSA) is 63.8 Å². The van der Waals surface area contributed by atoms with Crippen LogP contribution in [0.1, 0.15) is 42.3 Å². The number of thiazole rings is 1. The van der Waals surface area contributed by atoms with Crippen molar-refractivity contribution in [3.63, 3.8) is 0 Å². The lowest BCUT2D eigenvalue weighted by molar-refractivity contribution is 0.384. The van der Waals surface area contributed by atoms with Gasteiger partial charge in [-0.1, -0.05) is 12.1 Å². The van der Waals surface area contributed by atoms with Crippen molar-refractivity contribution in [1.82, 2.24) is 20.4 Å². The summed E-state index contributed by atoms with van der Waals surface area (Å²) in [5, 5.41) is 10.4. The molecule has 0 saturated heterocycles. The molecule has 1 N–H and O–H groups in total. The van der Waals surface area contributed by atoms with Crippen molar-refractivity contribution in [2.24, 2.45) is 0 Å². The Morgan fingerprint density at radius 1 is 1.47 bits per heavy atom.